The fourth-order valence-corrected chi connectivity index (χ4v) is 3.53. The monoisotopic (exact) mass is 573 g/mol. The first-order chi connectivity index (χ1) is 14.0. The van der Waals surface area contributed by atoms with Gasteiger partial charge in [-0.25, -0.2) is 0 Å². The third kappa shape index (κ3) is 4.70. The van der Waals surface area contributed by atoms with Crippen molar-refractivity contribution in [2.24, 2.45) is 0 Å². The molecule has 2 rings (SSSR count). The first-order valence-electron chi connectivity index (χ1n) is 8.57. The Bertz CT molecular complexity index is 861. The third-order valence-corrected chi connectivity index (χ3v) is 5.28. The first kappa shape index (κ1) is 25.5. The summed E-state index contributed by atoms with van der Waals surface area (Å²) in [5.74, 6) is -20.5. The number of nitrogens with zero attached hydrogens (tertiary/aromatic N) is 1. The van der Waals surface area contributed by atoms with Gasteiger partial charge in [0.2, 0.25) is 0 Å². The molecule has 1 aromatic rings. The van der Waals surface area contributed by atoms with Crippen LogP contribution in [0.4, 0.5) is 39.5 Å². The second kappa shape index (κ2) is 8.62. The van der Waals surface area contributed by atoms with Crippen molar-refractivity contribution in [1.29, 1.82) is 0 Å². The molecule has 172 valence electrons. The molecule has 0 atom stereocenters. The topological polar surface area (TPSA) is 37.4 Å². The Labute approximate surface area is 183 Å². The summed E-state index contributed by atoms with van der Waals surface area (Å²) in [5.41, 5.74) is 0.379. The standard InChI is InChI=1S/C18H13F9INO2/c19-15(20,16(21,22)17(23,24)18(25,26)27)9-10(28)5-3-4-8-29-13(30)11-6-1-2-7-12(11)14(29)31/h1-2,6-7,9H,3-5,8H2. The highest BCUT2D eigenvalue weighted by atomic mass is 127. The molecular formula is C18H13F9INO2. The average Bonchev–Trinajstić information content (AvgIpc) is 2.88. The average molecular weight is 573 g/mol. The summed E-state index contributed by atoms with van der Waals surface area (Å²) in [6, 6.07) is 6.00. The van der Waals surface area contributed by atoms with Crippen molar-refractivity contribution >= 4 is 34.4 Å². The van der Waals surface area contributed by atoms with Gasteiger partial charge in [0.15, 0.2) is 0 Å². The van der Waals surface area contributed by atoms with Crippen LogP contribution in [0.2, 0.25) is 0 Å². The molecule has 0 N–H and O–H groups in total. The van der Waals surface area contributed by atoms with E-state index < -0.39 is 45.4 Å². The lowest BCUT2D eigenvalue weighted by atomic mass is 10.0. The minimum atomic E-state index is -6.94. The number of carbonyl (C=O) groups excluding carboxylic acids is 2. The van der Waals surface area contributed by atoms with Crippen LogP contribution in [0, 0.1) is 0 Å². The minimum Gasteiger partial charge on any atom is -0.274 e. The van der Waals surface area contributed by atoms with E-state index in [0.29, 0.717) is 0 Å². The van der Waals surface area contributed by atoms with Gasteiger partial charge in [-0.15, -0.1) is 0 Å². The van der Waals surface area contributed by atoms with Crippen molar-refractivity contribution in [2.45, 2.75) is 43.2 Å². The number of alkyl halides is 9. The van der Waals surface area contributed by atoms with E-state index >= 15 is 0 Å². The summed E-state index contributed by atoms with van der Waals surface area (Å²) in [6.07, 6.45) is -7.83. The summed E-state index contributed by atoms with van der Waals surface area (Å²) < 4.78 is 115. The maximum Gasteiger partial charge on any atom is 0.460 e. The fourth-order valence-electron chi connectivity index (χ4n) is 2.75. The van der Waals surface area contributed by atoms with Crippen molar-refractivity contribution < 1.29 is 49.1 Å². The lowest BCUT2D eigenvalue weighted by Gasteiger charge is -2.32. The minimum absolute atomic E-state index is 0.0283. The van der Waals surface area contributed by atoms with Gasteiger partial charge in [0.1, 0.15) is 0 Å². The number of hydrogen-bond donors (Lipinski definition) is 0. The van der Waals surface area contributed by atoms with Crippen molar-refractivity contribution in [1.82, 2.24) is 4.90 Å². The summed E-state index contributed by atoms with van der Waals surface area (Å²) in [5, 5.41) is 0. The fraction of sp³-hybridized carbons (Fsp3) is 0.444. The molecule has 0 saturated carbocycles. The largest absolute Gasteiger partial charge is 0.460 e. The molecule has 1 heterocycles. The number of amides is 2. The number of rotatable bonds is 8. The summed E-state index contributed by atoms with van der Waals surface area (Å²) >= 11 is 1.13. The normalized spacial score (nSPS) is 16.2. The van der Waals surface area contributed by atoms with E-state index in [4.69, 9.17) is 0 Å². The second-order valence-corrected chi connectivity index (χ2v) is 8.01. The molecule has 0 aromatic heterocycles. The molecule has 0 radical (unpaired) electrons. The van der Waals surface area contributed by atoms with Crippen LogP contribution < -0.4 is 0 Å². The van der Waals surface area contributed by atoms with E-state index in [1.807, 2.05) is 0 Å². The molecule has 1 aliphatic rings. The van der Waals surface area contributed by atoms with Gasteiger partial charge in [0.25, 0.3) is 11.8 Å². The number of halogens is 10. The predicted molar refractivity (Wildman–Crippen MR) is 98.7 cm³/mol. The van der Waals surface area contributed by atoms with Gasteiger partial charge in [-0.3, -0.25) is 14.5 Å². The maximum atomic E-state index is 13.6. The predicted octanol–water partition coefficient (Wildman–Crippen LogP) is 6.24. The van der Waals surface area contributed by atoms with Crippen LogP contribution in [0.1, 0.15) is 40.0 Å². The van der Waals surface area contributed by atoms with Gasteiger partial charge >= 0.3 is 23.9 Å². The zero-order valence-corrected chi connectivity index (χ0v) is 17.4. The highest BCUT2D eigenvalue weighted by Crippen LogP contribution is 2.53. The van der Waals surface area contributed by atoms with E-state index in [0.717, 1.165) is 27.5 Å². The highest BCUT2D eigenvalue weighted by Gasteiger charge is 2.81. The van der Waals surface area contributed by atoms with Crippen molar-refractivity contribution in [2.75, 3.05) is 6.54 Å². The number of unbranched alkanes of at least 4 members (excludes halogenated alkanes) is 1. The number of carbonyl (C=O) groups is 2. The molecule has 0 spiro atoms. The SMILES string of the molecule is O=C1c2ccccc2C(=O)N1CCCCC(I)=CC(F)(F)C(F)(F)C(F)(F)C(F)(F)F. The Morgan fingerprint density at radius 1 is 0.839 bits per heavy atom. The van der Waals surface area contributed by atoms with E-state index in [2.05, 4.69) is 0 Å². The van der Waals surface area contributed by atoms with Gasteiger partial charge < -0.3 is 0 Å². The van der Waals surface area contributed by atoms with Crippen molar-refractivity contribution in [3.8, 4) is 0 Å². The highest BCUT2D eigenvalue weighted by molar-refractivity contribution is 14.1. The van der Waals surface area contributed by atoms with Crippen molar-refractivity contribution in [3.63, 3.8) is 0 Å². The zero-order chi connectivity index (χ0) is 23.8. The van der Waals surface area contributed by atoms with E-state index in [9.17, 15) is 49.1 Å². The smallest absolute Gasteiger partial charge is 0.274 e. The quantitative estimate of drug-likeness (QED) is 0.160. The van der Waals surface area contributed by atoms with Gasteiger partial charge in [-0.2, -0.15) is 39.5 Å². The number of benzene rings is 1. The molecule has 0 bridgehead atoms. The van der Waals surface area contributed by atoms with Crippen LogP contribution in [-0.4, -0.2) is 47.2 Å². The van der Waals surface area contributed by atoms with Crippen LogP contribution in [0.15, 0.2) is 33.9 Å². The van der Waals surface area contributed by atoms with Gasteiger partial charge in [0, 0.05) is 12.6 Å². The Balaban J connectivity index is 1.97. The molecule has 1 aromatic carbocycles. The maximum absolute atomic E-state index is 13.6. The number of hydrogen-bond acceptors (Lipinski definition) is 2. The van der Waals surface area contributed by atoms with Gasteiger partial charge in [-0.1, -0.05) is 12.1 Å². The van der Waals surface area contributed by atoms with Gasteiger partial charge in [0.05, 0.1) is 11.1 Å². The molecule has 13 heteroatoms. The second-order valence-electron chi connectivity index (χ2n) is 6.63. The van der Waals surface area contributed by atoms with Crippen LogP contribution >= 0.6 is 22.6 Å². The summed E-state index contributed by atoms with van der Waals surface area (Å²) in [7, 11) is 0. The Morgan fingerprint density at radius 3 is 1.77 bits per heavy atom. The molecule has 0 unspecified atom stereocenters. The van der Waals surface area contributed by atoms with Crippen LogP contribution in [0.5, 0.6) is 0 Å². The third-order valence-electron chi connectivity index (χ3n) is 4.43. The molecule has 31 heavy (non-hydrogen) atoms. The van der Waals surface area contributed by atoms with E-state index in [-0.39, 0.29) is 36.9 Å². The number of allylic oxidation sites excluding steroid dienone is 2. The molecule has 0 saturated heterocycles. The lowest BCUT2D eigenvalue weighted by Crippen LogP contribution is -2.60. The van der Waals surface area contributed by atoms with Crippen LogP contribution in [-0.2, 0) is 0 Å². The van der Waals surface area contributed by atoms with Crippen molar-refractivity contribution in [3.05, 3.63) is 45.0 Å². The zero-order valence-electron chi connectivity index (χ0n) is 15.3. The number of fused-ring (bicyclic) bond motifs is 1. The molecule has 3 nitrogen and oxygen atoms in total. The van der Waals surface area contributed by atoms with E-state index in [1.165, 1.54) is 12.1 Å². The number of imide groups is 1. The Kier molecular flexibility index (Phi) is 7.08. The molecule has 0 fully saturated rings. The Hall–Kier alpha value is -1.80. The molecule has 1 aliphatic heterocycles. The van der Waals surface area contributed by atoms with Gasteiger partial charge in [-0.05, 0) is 57.6 Å². The molecular weight excluding hydrogens is 560 g/mol. The Morgan fingerprint density at radius 2 is 1.32 bits per heavy atom. The summed E-state index contributed by atoms with van der Waals surface area (Å²) in [6.45, 7) is -0.116. The van der Waals surface area contributed by atoms with Crippen LogP contribution in [0.3, 0.4) is 0 Å². The molecule has 2 amide bonds. The lowest BCUT2D eigenvalue weighted by molar-refractivity contribution is -0.388. The summed E-state index contributed by atoms with van der Waals surface area (Å²) in [4.78, 5) is 25.2. The first-order valence-corrected chi connectivity index (χ1v) is 9.65. The van der Waals surface area contributed by atoms with E-state index in [1.54, 1.807) is 12.1 Å². The van der Waals surface area contributed by atoms with Crippen LogP contribution in [0.25, 0.3) is 0 Å². The molecule has 0 aliphatic carbocycles.